The van der Waals surface area contributed by atoms with Crippen LogP contribution in [0.4, 0.5) is 5.69 Å². The summed E-state index contributed by atoms with van der Waals surface area (Å²) in [4.78, 5) is 38.2. The normalized spacial score (nSPS) is 18.9. The number of nitrogens with two attached hydrogens (primary N) is 1. The summed E-state index contributed by atoms with van der Waals surface area (Å²) < 4.78 is 0. The van der Waals surface area contributed by atoms with Gasteiger partial charge in [-0.15, -0.1) is 0 Å². The molecule has 1 unspecified atom stereocenters. The minimum absolute atomic E-state index is 0.144. The number of anilines is 1. The van der Waals surface area contributed by atoms with Gasteiger partial charge in [-0.2, -0.15) is 0 Å². The molecule has 144 valence electrons. The average Bonchev–Trinajstić information content (AvgIpc) is 3.01. The Morgan fingerprint density at radius 1 is 1.07 bits per heavy atom. The van der Waals surface area contributed by atoms with Crippen molar-refractivity contribution in [2.45, 2.75) is 38.5 Å². The number of carbonyl (C=O) groups is 3. The number of nitrogen functional groups attached to an aromatic ring is 1. The molecule has 0 radical (unpaired) electrons. The Labute approximate surface area is 162 Å². The van der Waals surface area contributed by atoms with E-state index < -0.39 is 6.04 Å². The molecule has 7 heteroatoms. The molecule has 2 heterocycles. The molecule has 1 fully saturated rings. The Kier molecular flexibility index (Phi) is 4.83. The highest BCUT2D eigenvalue weighted by molar-refractivity contribution is 6.05. The number of piperidine rings is 1. The monoisotopic (exact) mass is 378 g/mol. The second-order valence-corrected chi connectivity index (χ2v) is 7.20. The molecule has 0 aromatic heterocycles. The van der Waals surface area contributed by atoms with E-state index in [0.717, 1.165) is 22.4 Å². The van der Waals surface area contributed by atoms with Crippen molar-refractivity contribution in [2.24, 2.45) is 0 Å². The molecule has 3 amide bonds. The van der Waals surface area contributed by atoms with Crippen molar-refractivity contribution in [1.82, 2.24) is 15.5 Å². The van der Waals surface area contributed by atoms with Gasteiger partial charge in [-0.1, -0.05) is 30.3 Å². The fourth-order valence-corrected chi connectivity index (χ4v) is 3.81. The first-order chi connectivity index (χ1) is 13.5. The van der Waals surface area contributed by atoms with Crippen molar-refractivity contribution in [1.29, 1.82) is 0 Å². The summed E-state index contributed by atoms with van der Waals surface area (Å²) in [5.74, 6) is -0.812. The third-order valence-electron chi connectivity index (χ3n) is 5.26. The lowest BCUT2D eigenvalue weighted by molar-refractivity contribution is -0.136. The topological polar surface area (TPSA) is 105 Å². The van der Waals surface area contributed by atoms with E-state index in [1.807, 2.05) is 42.5 Å². The number of hydrogen-bond donors (Lipinski definition) is 3. The van der Waals surface area contributed by atoms with Gasteiger partial charge in [-0.25, -0.2) is 0 Å². The molecular weight excluding hydrogens is 356 g/mol. The van der Waals surface area contributed by atoms with Crippen LogP contribution in [0.1, 0.15) is 39.9 Å². The molecule has 4 rings (SSSR count). The smallest absolute Gasteiger partial charge is 0.255 e. The lowest BCUT2D eigenvalue weighted by Gasteiger charge is -2.29. The number of benzene rings is 2. The highest BCUT2D eigenvalue weighted by atomic mass is 16.2. The maximum absolute atomic E-state index is 13.0. The third-order valence-corrected chi connectivity index (χ3v) is 5.26. The number of carbonyl (C=O) groups excluding carboxylic acids is 3. The van der Waals surface area contributed by atoms with Crippen LogP contribution in [0.5, 0.6) is 0 Å². The van der Waals surface area contributed by atoms with Crippen LogP contribution in [0.25, 0.3) is 0 Å². The number of imide groups is 1. The SMILES string of the molecule is Nc1ccc(CNCc2cccc3c2C(=O)N(C2CCC(=O)NC2=O)C3)cc1. The molecule has 1 atom stereocenters. The first-order valence-electron chi connectivity index (χ1n) is 9.33. The molecule has 2 aromatic rings. The highest BCUT2D eigenvalue weighted by Crippen LogP contribution is 2.29. The molecule has 2 aliphatic heterocycles. The number of nitrogens with one attached hydrogen (secondary N) is 2. The number of rotatable bonds is 5. The third kappa shape index (κ3) is 3.48. The molecule has 0 saturated carbocycles. The summed E-state index contributed by atoms with van der Waals surface area (Å²) in [6, 6.07) is 12.8. The van der Waals surface area contributed by atoms with Crippen molar-refractivity contribution in [3.8, 4) is 0 Å². The first kappa shape index (κ1) is 18.2. The second-order valence-electron chi connectivity index (χ2n) is 7.20. The van der Waals surface area contributed by atoms with Crippen molar-refractivity contribution in [3.05, 3.63) is 64.7 Å². The minimum atomic E-state index is -0.590. The van der Waals surface area contributed by atoms with Gasteiger partial charge in [0.25, 0.3) is 5.91 Å². The lowest BCUT2D eigenvalue weighted by Crippen LogP contribution is -2.52. The van der Waals surface area contributed by atoms with Crippen LogP contribution in [-0.4, -0.2) is 28.7 Å². The number of nitrogens with zero attached hydrogens (tertiary/aromatic N) is 1. The summed E-state index contributed by atoms with van der Waals surface area (Å²) in [6.45, 7) is 1.60. The zero-order chi connectivity index (χ0) is 19.7. The van der Waals surface area contributed by atoms with Crippen LogP contribution < -0.4 is 16.4 Å². The number of fused-ring (bicyclic) bond motifs is 1. The molecule has 0 spiro atoms. The lowest BCUT2D eigenvalue weighted by atomic mass is 10.0. The van der Waals surface area contributed by atoms with Crippen LogP contribution in [-0.2, 0) is 29.2 Å². The molecule has 0 aliphatic carbocycles. The van der Waals surface area contributed by atoms with E-state index in [4.69, 9.17) is 5.73 Å². The Morgan fingerprint density at radius 3 is 2.61 bits per heavy atom. The Bertz CT molecular complexity index is 939. The summed E-state index contributed by atoms with van der Waals surface area (Å²) in [6.07, 6.45) is 0.627. The van der Waals surface area contributed by atoms with E-state index in [0.29, 0.717) is 31.6 Å². The van der Waals surface area contributed by atoms with Gasteiger partial charge in [-0.05, 0) is 35.2 Å². The van der Waals surface area contributed by atoms with E-state index >= 15 is 0 Å². The molecule has 4 N–H and O–H groups in total. The number of hydrogen-bond acceptors (Lipinski definition) is 5. The fraction of sp³-hybridized carbons (Fsp3) is 0.286. The van der Waals surface area contributed by atoms with E-state index in [-0.39, 0.29) is 24.1 Å². The summed E-state index contributed by atoms with van der Waals surface area (Å²) in [5.41, 5.74) is 10.0. The predicted octanol–water partition coefficient (Wildman–Crippen LogP) is 1.32. The highest BCUT2D eigenvalue weighted by Gasteiger charge is 2.39. The Hall–Kier alpha value is -3.19. The van der Waals surface area contributed by atoms with Crippen molar-refractivity contribution >= 4 is 23.4 Å². The standard InChI is InChI=1S/C21H22N4O3/c22-16-6-4-13(5-7-16)10-23-11-14-2-1-3-15-12-25(21(28)19(14)15)17-8-9-18(26)24-20(17)27/h1-7,17,23H,8-12,22H2,(H,24,26,27). The van der Waals surface area contributed by atoms with Gasteiger partial charge >= 0.3 is 0 Å². The van der Waals surface area contributed by atoms with Crippen molar-refractivity contribution in [2.75, 3.05) is 5.73 Å². The van der Waals surface area contributed by atoms with E-state index in [1.165, 1.54) is 0 Å². The van der Waals surface area contributed by atoms with E-state index in [1.54, 1.807) is 4.90 Å². The molecule has 2 aromatic carbocycles. The maximum atomic E-state index is 13.0. The predicted molar refractivity (Wildman–Crippen MR) is 104 cm³/mol. The van der Waals surface area contributed by atoms with Gasteiger partial charge in [0, 0.05) is 37.3 Å². The summed E-state index contributed by atoms with van der Waals surface area (Å²) >= 11 is 0. The van der Waals surface area contributed by atoms with Gasteiger partial charge in [0.05, 0.1) is 0 Å². The van der Waals surface area contributed by atoms with E-state index in [9.17, 15) is 14.4 Å². The maximum Gasteiger partial charge on any atom is 0.255 e. The zero-order valence-electron chi connectivity index (χ0n) is 15.4. The van der Waals surface area contributed by atoms with Gasteiger partial charge in [0.2, 0.25) is 11.8 Å². The van der Waals surface area contributed by atoms with Crippen molar-refractivity contribution in [3.63, 3.8) is 0 Å². The summed E-state index contributed by atoms with van der Waals surface area (Å²) in [7, 11) is 0. The van der Waals surface area contributed by atoms with Crippen LogP contribution in [0, 0.1) is 0 Å². The average molecular weight is 378 g/mol. The first-order valence-corrected chi connectivity index (χ1v) is 9.33. The molecule has 0 bridgehead atoms. The molecule has 2 aliphatic rings. The van der Waals surface area contributed by atoms with Crippen LogP contribution >= 0.6 is 0 Å². The largest absolute Gasteiger partial charge is 0.399 e. The van der Waals surface area contributed by atoms with Crippen LogP contribution in [0.2, 0.25) is 0 Å². The van der Waals surface area contributed by atoms with Crippen LogP contribution in [0.3, 0.4) is 0 Å². The summed E-state index contributed by atoms with van der Waals surface area (Å²) in [5, 5.41) is 5.69. The van der Waals surface area contributed by atoms with Gasteiger partial charge in [-0.3, -0.25) is 19.7 Å². The van der Waals surface area contributed by atoms with Gasteiger partial charge in [0.1, 0.15) is 6.04 Å². The fourth-order valence-electron chi connectivity index (χ4n) is 3.81. The molecule has 28 heavy (non-hydrogen) atoms. The Morgan fingerprint density at radius 2 is 1.86 bits per heavy atom. The van der Waals surface area contributed by atoms with Crippen molar-refractivity contribution < 1.29 is 14.4 Å². The zero-order valence-corrected chi connectivity index (χ0v) is 15.4. The molecule has 1 saturated heterocycles. The van der Waals surface area contributed by atoms with Gasteiger partial charge in [0.15, 0.2) is 0 Å². The Balaban J connectivity index is 1.46. The van der Waals surface area contributed by atoms with E-state index in [2.05, 4.69) is 10.6 Å². The van der Waals surface area contributed by atoms with Gasteiger partial charge < -0.3 is 16.0 Å². The number of amides is 3. The minimum Gasteiger partial charge on any atom is -0.399 e. The molecular formula is C21H22N4O3. The quantitative estimate of drug-likeness (QED) is 0.538. The molecule has 7 nitrogen and oxygen atoms in total. The van der Waals surface area contributed by atoms with Crippen LogP contribution in [0.15, 0.2) is 42.5 Å². The second kappa shape index (κ2) is 7.44.